The van der Waals surface area contributed by atoms with Crippen molar-refractivity contribution in [1.29, 1.82) is 0 Å². The monoisotopic (exact) mass is 402 g/mol. The van der Waals surface area contributed by atoms with Crippen molar-refractivity contribution in [2.75, 3.05) is 39.3 Å². The van der Waals surface area contributed by atoms with Crippen LogP contribution in [0.5, 0.6) is 0 Å². The van der Waals surface area contributed by atoms with Gasteiger partial charge in [-0.05, 0) is 44.6 Å². The molecular weight excluding hydrogens is 372 g/mol. The molecule has 28 heavy (non-hydrogen) atoms. The van der Waals surface area contributed by atoms with Gasteiger partial charge in [-0.15, -0.1) is 0 Å². The zero-order valence-electron chi connectivity index (χ0n) is 17.0. The molecule has 0 atom stereocenters. The number of nitrogens with one attached hydrogen (secondary N) is 1. The van der Waals surface area contributed by atoms with Crippen molar-refractivity contribution in [3.05, 3.63) is 40.4 Å². The van der Waals surface area contributed by atoms with E-state index < -0.39 is 0 Å². The first-order valence-electron chi connectivity index (χ1n) is 9.93. The molecular formula is C20H30N6OS. The molecule has 1 aliphatic rings. The topological polar surface area (TPSA) is 58.3 Å². The van der Waals surface area contributed by atoms with Gasteiger partial charge in [0.05, 0.1) is 13.2 Å². The van der Waals surface area contributed by atoms with Crippen molar-refractivity contribution in [3.8, 4) is 5.69 Å². The Morgan fingerprint density at radius 1 is 1.11 bits per heavy atom. The number of aryl methyl sites for hydroxylation is 2. The van der Waals surface area contributed by atoms with Crippen LogP contribution >= 0.6 is 12.2 Å². The number of carbonyl (C=O) groups is 1. The van der Waals surface area contributed by atoms with E-state index in [1.165, 1.54) is 5.56 Å². The molecule has 1 amide bonds. The molecule has 0 spiro atoms. The van der Waals surface area contributed by atoms with Crippen molar-refractivity contribution in [1.82, 2.24) is 29.5 Å². The first-order chi connectivity index (χ1) is 13.5. The highest BCUT2D eigenvalue weighted by Crippen LogP contribution is 2.14. The lowest BCUT2D eigenvalue weighted by atomic mass is 10.2. The van der Waals surface area contributed by atoms with Gasteiger partial charge in [0.2, 0.25) is 10.7 Å². The van der Waals surface area contributed by atoms with Gasteiger partial charge < -0.3 is 5.32 Å². The van der Waals surface area contributed by atoms with Crippen LogP contribution < -0.4 is 5.32 Å². The largest absolute Gasteiger partial charge is 0.355 e. The number of hydrogen-bond acceptors (Lipinski definition) is 5. The van der Waals surface area contributed by atoms with Crippen LogP contribution in [0.4, 0.5) is 0 Å². The van der Waals surface area contributed by atoms with Crippen molar-refractivity contribution in [2.45, 2.75) is 33.9 Å². The maximum absolute atomic E-state index is 11.9. The number of hydrogen-bond donors (Lipinski definition) is 1. The highest BCUT2D eigenvalue weighted by molar-refractivity contribution is 7.71. The second kappa shape index (κ2) is 9.45. The Labute approximate surface area is 171 Å². The van der Waals surface area contributed by atoms with E-state index in [4.69, 9.17) is 12.2 Å². The fourth-order valence-electron chi connectivity index (χ4n) is 3.40. The van der Waals surface area contributed by atoms with Gasteiger partial charge in [-0.1, -0.05) is 24.6 Å². The molecule has 1 aromatic carbocycles. The SMILES string of the molecule is CCCNC(=O)CN1CCN(Cn2nc(C)n(-c3ccc(C)cc3)c2=S)CC1. The smallest absolute Gasteiger partial charge is 0.234 e. The highest BCUT2D eigenvalue weighted by atomic mass is 32.1. The summed E-state index contributed by atoms with van der Waals surface area (Å²) < 4.78 is 4.62. The Morgan fingerprint density at radius 3 is 2.39 bits per heavy atom. The molecule has 2 aromatic rings. The molecule has 1 N–H and O–H groups in total. The molecule has 2 heterocycles. The minimum absolute atomic E-state index is 0.116. The van der Waals surface area contributed by atoms with Gasteiger partial charge in [0.1, 0.15) is 5.82 Å². The van der Waals surface area contributed by atoms with Crippen molar-refractivity contribution < 1.29 is 4.79 Å². The Hall–Kier alpha value is -2.03. The van der Waals surface area contributed by atoms with Crippen molar-refractivity contribution in [2.24, 2.45) is 0 Å². The predicted octanol–water partition coefficient (Wildman–Crippen LogP) is 2.12. The summed E-state index contributed by atoms with van der Waals surface area (Å²) in [6.07, 6.45) is 0.967. The standard InChI is InChI=1S/C20H30N6OS/c1-4-9-21-19(27)14-23-10-12-24(13-11-23)15-25-20(28)26(17(3)22-25)18-7-5-16(2)6-8-18/h5-8H,4,9-15H2,1-3H3,(H,21,27). The fourth-order valence-corrected chi connectivity index (χ4v) is 3.74. The van der Waals surface area contributed by atoms with Crippen LogP contribution in [-0.2, 0) is 11.5 Å². The molecule has 8 heteroatoms. The van der Waals surface area contributed by atoms with Crippen LogP contribution in [0.3, 0.4) is 0 Å². The van der Waals surface area contributed by atoms with Crippen molar-refractivity contribution in [3.63, 3.8) is 0 Å². The van der Waals surface area contributed by atoms with Gasteiger partial charge in [-0.25, -0.2) is 4.68 Å². The molecule has 0 bridgehead atoms. The number of aromatic nitrogens is 3. The number of benzene rings is 1. The summed E-state index contributed by atoms with van der Waals surface area (Å²) in [7, 11) is 0. The molecule has 0 aliphatic carbocycles. The maximum Gasteiger partial charge on any atom is 0.234 e. The lowest BCUT2D eigenvalue weighted by molar-refractivity contribution is -0.122. The van der Waals surface area contributed by atoms with Gasteiger partial charge in [0.15, 0.2) is 0 Å². The van der Waals surface area contributed by atoms with Crippen molar-refractivity contribution >= 4 is 18.1 Å². The van der Waals surface area contributed by atoms with Crippen LogP contribution in [0, 0.1) is 18.6 Å². The van der Waals surface area contributed by atoms with E-state index in [0.29, 0.717) is 18.0 Å². The number of rotatable bonds is 7. The van der Waals surface area contributed by atoms with Gasteiger partial charge in [0.25, 0.3) is 0 Å². The second-order valence-electron chi connectivity index (χ2n) is 7.39. The van der Waals surface area contributed by atoms with Crippen LogP contribution in [0.2, 0.25) is 0 Å². The van der Waals surface area contributed by atoms with Gasteiger partial charge in [-0.3, -0.25) is 19.2 Å². The minimum Gasteiger partial charge on any atom is -0.355 e. The molecule has 3 rings (SSSR count). The van der Waals surface area contributed by atoms with E-state index in [1.54, 1.807) is 0 Å². The lowest BCUT2D eigenvalue weighted by Crippen LogP contribution is -2.49. The van der Waals surface area contributed by atoms with Crippen LogP contribution in [-0.4, -0.2) is 69.3 Å². The molecule has 1 aromatic heterocycles. The number of carbonyl (C=O) groups excluding carboxylic acids is 1. The quantitative estimate of drug-likeness (QED) is 0.719. The van der Waals surface area contributed by atoms with Gasteiger partial charge >= 0.3 is 0 Å². The van der Waals surface area contributed by atoms with E-state index in [9.17, 15) is 4.79 Å². The van der Waals surface area contributed by atoms with Gasteiger partial charge in [-0.2, -0.15) is 5.10 Å². The Kier molecular flexibility index (Phi) is 6.98. The average Bonchev–Trinajstić information content (AvgIpc) is 2.96. The summed E-state index contributed by atoms with van der Waals surface area (Å²) in [5.41, 5.74) is 2.27. The Morgan fingerprint density at radius 2 is 1.75 bits per heavy atom. The molecule has 0 radical (unpaired) electrons. The summed E-state index contributed by atoms with van der Waals surface area (Å²) in [5.74, 6) is 1.00. The summed E-state index contributed by atoms with van der Waals surface area (Å²) >= 11 is 5.69. The minimum atomic E-state index is 0.116. The molecule has 1 aliphatic heterocycles. The zero-order chi connectivity index (χ0) is 20.1. The number of piperazine rings is 1. The highest BCUT2D eigenvalue weighted by Gasteiger charge is 2.20. The van der Waals surface area contributed by atoms with Crippen LogP contribution in [0.25, 0.3) is 5.69 Å². The fraction of sp³-hybridized carbons (Fsp3) is 0.550. The first kappa shape index (κ1) is 20.7. The molecule has 7 nitrogen and oxygen atoms in total. The lowest BCUT2D eigenvalue weighted by Gasteiger charge is -2.33. The van der Waals surface area contributed by atoms with E-state index in [1.807, 2.05) is 16.2 Å². The third kappa shape index (κ3) is 5.06. The maximum atomic E-state index is 11.9. The van der Waals surface area contributed by atoms with E-state index in [2.05, 4.69) is 58.3 Å². The zero-order valence-corrected chi connectivity index (χ0v) is 17.8. The number of amides is 1. The third-order valence-corrected chi connectivity index (χ3v) is 5.42. The second-order valence-corrected chi connectivity index (χ2v) is 7.75. The predicted molar refractivity (Wildman–Crippen MR) is 113 cm³/mol. The Bertz CT molecular complexity index is 849. The Balaban J connectivity index is 1.58. The molecule has 0 unspecified atom stereocenters. The van der Waals surface area contributed by atoms with E-state index in [-0.39, 0.29) is 5.91 Å². The average molecular weight is 403 g/mol. The van der Waals surface area contributed by atoms with Crippen LogP contribution in [0.15, 0.2) is 24.3 Å². The molecule has 1 saturated heterocycles. The summed E-state index contributed by atoms with van der Waals surface area (Å²) in [5, 5.41) is 7.60. The van der Waals surface area contributed by atoms with Gasteiger partial charge in [0, 0.05) is 38.4 Å². The molecule has 1 fully saturated rings. The summed E-state index contributed by atoms with van der Waals surface area (Å²) in [6.45, 7) is 11.6. The molecule has 152 valence electrons. The summed E-state index contributed by atoms with van der Waals surface area (Å²) in [4.78, 5) is 16.4. The number of nitrogens with zero attached hydrogens (tertiary/aromatic N) is 5. The molecule has 0 saturated carbocycles. The summed E-state index contributed by atoms with van der Waals surface area (Å²) in [6, 6.07) is 8.33. The normalized spacial score (nSPS) is 15.7. The first-order valence-corrected chi connectivity index (χ1v) is 10.3. The third-order valence-electron chi connectivity index (χ3n) is 5.03. The van der Waals surface area contributed by atoms with Crippen LogP contribution in [0.1, 0.15) is 24.7 Å². The van der Waals surface area contributed by atoms with E-state index in [0.717, 1.165) is 50.7 Å². The van der Waals surface area contributed by atoms with E-state index >= 15 is 0 Å².